The second kappa shape index (κ2) is 8.65. The number of amides is 3. The summed E-state index contributed by atoms with van der Waals surface area (Å²) in [5.74, 6) is 0.614. The molecule has 2 aliphatic heterocycles. The fourth-order valence-corrected chi connectivity index (χ4v) is 4.30. The molecule has 3 amide bonds. The Morgan fingerprint density at radius 1 is 1.00 bits per heavy atom. The number of nitrogens with zero attached hydrogens (tertiary/aromatic N) is 3. The lowest BCUT2D eigenvalue weighted by molar-refractivity contribution is -0.134. The minimum absolute atomic E-state index is 0.0247. The normalized spacial score (nSPS) is 17.0. The molecule has 152 valence electrons. The summed E-state index contributed by atoms with van der Waals surface area (Å²) in [6.45, 7) is 2.71. The van der Waals surface area contributed by atoms with E-state index in [-0.39, 0.29) is 24.3 Å². The van der Waals surface area contributed by atoms with Crippen molar-refractivity contribution >= 4 is 34.7 Å². The van der Waals surface area contributed by atoms with Crippen molar-refractivity contribution in [2.75, 3.05) is 44.2 Å². The van der Waals surface area contributed by atoms with Gasteiger partial charge in [-0.25, -0.2) is 0 Å². The van der Waals surface area contributed by atoms with Crippen molar-refractivity contribution < 1.29 is 19.1 Å². The first kappa shape index (κ1) is 19.4. The van der Waals surface area contributed by atoms with Crippen molar-refractivity contribution in [1.82, 2.24) is 9.80 Å². The van der Waals surface area contributed by atoms with E-state index in [1.807, 2.05) is 29.6 Å². The molecule has 2 saturated heterocycles. The number of rotatable bonds is 5. The van der Waals surface area contributed by atoms with Gasteiger partial charge in [0.2, 0.25) is 5.91 Å². The van der Waals surface area contributed by atoms with Crippen molar-refractivity contribution in [2.45, 2.75) is 12.8 Å². The van der Waals surface area contributed by atoms with Crippen molar-refractivity contribution in [2.24, 2.45) is 0 Å². The Kier molecular flexibility index (Phi) is 5.80. The average molecular weight is 413 g/mol. The van der Waals surface area contributed by atoms with Crippen LogP contribution in [0.3, 0.4) is 0 Å². The highest BCUT2D eigenvalue weighted by Gasteiger charge is 2.26. The van der Waals surface area contributed by atoms with Gasteiger partial charge in [-0.1, -0.05) is 12.1 Å². The van der Waals surface area contributed by atoms with E-state index in [0.29, 0.717) is 38.3 Å². The zero-order valence-electron chi connectivity index (χ0n) is 16.1. The van der Waals surface area contributed by atoms with E-state index in [2.05, 4.69) is 0 Å². The van der Waals surface area contributed by atoms with Crippen LogP contribution in [0.5, 0.6) is 5.75 Å². The third-order valence-electron chi connectivity index (χ3n) is 5.22. The predicted octanol–water partition coefficient (Wildman–Crippen LogP) is 2.24. The van der Waals surface area contributed by atoms with Gasteiger partial charge in [0.1, 0.15) is 5.75 Å². The third-order valence-corrected chi connectivity index (χ3v) is 6.07. The Bertz CT molecular complexity index is 891. The molecule has 2 aliphatic rings. The van der Waals surface area contributed by atoms with E-state index in [1.54, 1.807) is 26.8 Å². The Morgan fingerprint density at radius 3 is 2.48 bits per heavy atom. The summed E-state index contributed by atoms with van der Waals surface area (Å²) in [5.41, 5.74) is 0.804. The maximum absolute atomic E-state index is 12.5. The molecule has 0 atom stereocenters. The second-order valence-corrected chi connectivity index (χ2v) is 8.03. The molecule has 0 radical (unpaired) electrons. The van der Waals surface area contributed by atoms with Crippen LogP contribution in [0, 0.1) is 0 Å². The maximum Gasteiger partial charge on any atom is 0.264 e. The number of hydrogen-bond donors (Lipinski definition) is 0. The van der Waals surface area contributed by atoms with Crippen LogP contribution in [0.2, 0.25) is 0 Å². The number of piperazine rings is 1. The Hall–Kier alpha value is -2.87. The first-order chi connectivity index (χ1) is 14.1. The summed E-state index contributed by atoms with van der Waals surface area (Å²) in [4.78, 5) is 42.8. The van der Waals surface area contributed by atoms with Crippen molar-refractivity contribution in [3.8, 4) is 5.75 Å². The number of benzene rings is 1. The van der Waals surface area contributed by atoms with Crippen molar-refractivity contribution in [3.63, 3.8) is 0 Å². The Morgan fingerprint density at radius 2 is 1.79 bits per heavy atom. The highest BCUT2D eigenvalue weighted by molar-refractivity contribution is 7.12. The lowest BCUT2D eigenvalue weighted by Gasteiger charge is -2.34. The molecule has 29 heavy (non-hydrogen) atoms. The zero-order valence-corrected chi connectivity index (χ0v) is 16.9. The third kappa shape index (κ3) is 4.42. The minimum atomic E-state index is -0.101. The van der Waals surface area contributed by atoms with Gasteiger partial charge in [-0.3, -0.25) is 14.4 Å². The van der Waals surface area contributed by atoms with Crippen molar-refractivity contribution in [1.29, 1.82) is 0 Å². The Balaban J connectivity index is 1.27. The maximum atomic E-state index is 12.5. The Labute approximate surface area is 173 Å². The quantitative estimate of drug-likeness (QED) is 0.754. The van der Waals surface area contributed by atoms with Gasteiger partial charge in [-0.05, 0) is 30.0 Å². The highest BCUT2D eigenvalue weighted by Crippen LogP contribution is 2.25. The molecule has 0 saturated carbocycles. The van der Waals surface area contributed by atoms with E-state index in [9.17, 15) is 14.4 Å². The van der Waals surface area contributed by atoms with Crippen LogP contribution in [0.15, 0.2) is 41.8 Å². The summed E-state index contributed by atoms with van der Waals surface area (Å²) in [5, 5.41) is 1.89. The molecule has 0 spiro atoms. The molecule has 0 N–H and O–H groups in total. The molecule has 7 nitrogen and oxygen atoms in total. The lowest BCUT2D eigenvalue weighted by Crippen LogP contribution is -2.51. The fourth-order valence-electron chi connectivity index (χ4n) is 3.61. The van der Waals surface area contributed by atoms with Crippen LogP contribution < -0.4 is 9.64 Å². The monoisotopic (exact) mass is 413 g/mol. The number of carbonyl (C=O) groups excluding carboxylic acids is 3. The number of carbonyl (C=O) groups is 3. The summed E-state index contributed by atoms with van der Waals surface area (Å²) in [7, 11) is 0. The molecule has 2 aromatic rings. The molecule has 0 bridgehead atoms. The minimum Gasteiger partial charge on any atom is -0.484 e. The van der Waals surface area contributed by atoms with Crippen LogP contribution >= 0.6 is 11.3 Å². The van der Waals surface area contributed by atoms with E-state index in [1.165, 1.54) is 11.3 Å². The summed E-state index contributed by atoms with van der Waals surface area (Å²) >= 11 is 1.43. The van der Waals surface area contributed by atoms with Gasteiger partial charge in [0, 0.05) is 50.9 Å². The molecular formula is C21H23N3O4S. The van der Waals surface area contributed by atoms with Crippen LogP contribution in [-0.4, -0.2) is 66.9 Å². The number of thiophene rings is 1. The van der Waals surface area contributed by atoms with Gasteiger partial charge in [-0.2, -0.15) is 0 Å². The average Bonchev–Trinajstić information content (AvgIpc) is 3.44. The van der Waals surface area contributed by atoms with Gasteiger partial charge in [-0.15, -0.1) is 11.3 Å². The van der Waals surface area contributed by atoms with E-state index < -0.39 is 0 Å². The first-order valence-electron chi connectivity index (χ1n) is 9.75. The molecular weight excluding hydrogens is 390 g/mol. The number of hydrogen-bond acceptors (Lipinski definition) is 5. The van der Waals surface area contributed by atoms with E-state index >= 15 is 0 Å². The molecule has 0 unspecified atom stereocenters. The molecule has 4 rings (SSSR count). The standard InChI is InChI=1S/C21H23N3O4S/c25-19-7-2-8-24(19)16-4-1-5-17(14-16)28-15-20(26)22-9-11-23(12-10-22)21(27)18-6-3-13-29-18/h1,3-6,13-14H,2,7-12,15H2. The molecule has 0 aliphatic carbocycles. The van der Waals surface area contributed by atoms with E-state index in [0.717, 1.165) is 23.5 Å². The second-order valence-electron chi connectivity index (χ2n) is 7.09. The molecule has 1 aromatic carbocycles. The predicted molar refractivity (Wildman–Crippen MR) is 110 cm³/mol. The van der Waals surface area contributed by atoms with Crippen LogP contribution in [0.4, 0.5) is 5.69 Å². The molecule has 8 heteroatoms. The smallest absolute Gasteiger partial charge is 0.264 e. The van der Waals surface area contributed by atoms with Crippen molar-refractivity contribution in [3.05, 3.63) is 46.7 Å². The van der Waals surface area contributed by atoms with E-state index in [4.69, 9.17) is 4.74 Å². The van der Waals surface area contributed by atoms with Crippen LogP contribution in [-0.2, 0) is 9.59 Å². The van der Waals surface area contributed by atoms with Crippen LogP contribution in [0.25, 0.3) is 0 Å². The van der Waals surface area contributed by atoms with Gasteiger partial charge >= 0.3 is 0 Å². The van der Waals surface area contributed by atoms with Gasteiger partial charge in [0.05, 0.1) is 4.88 Å². The number of ether oxygens (including phenoxy) is 1. The molecule has 2 fully saturated rings. The zero-order chi connectivity index (χ0) is 20.2. The number of anilines is 1. The molecule has 3 heterocycles. The lowest BCUT2D eigenvalue weighted by atomic mass is 10.2. The molecule has 1 aromatic heterocycles. The summed E-state index contributed by atoms with van der Waals surface area (Å²) < 4.78 is 5.68. The van der Waals surface area contributed by atoms with Crippen LogP contribution in [0.1, 0.15) is 22.5 Å². The van der Waals surface area contributed by atoms with Gasteiger partial charge in [0.25, 0.3) is 11.8 Å². The summed E-state index contributed by atoms with van der Waals surface area (Å²) in [6, 6.07) is 11.0. The summed E-state index contributed by atoms with van der Waals surface area (Å²) in [6.07, 6.45) is 1.44. The topological polar surface area (TPSA) is 70.2 Å². The first-order valence-corrected chi connectivity index (χ1v) is 10.6. The fraction of sp³-hybridized carbons (Fsp3) is 0.381. The highest BCUT2D eigenvalue weighted by atomic mass is 32.1. The van der Waals surface area contributed by atoms with Gasteiger partial charge in [0.15, 0.2) is 6.61 Å². The van der Waals surface area contributed by atoms with Gasteiger partial charge < -0.3 is 19.4 Å². The largest absolute Gasteiger partial charge is 0.484 e. The SMILES string of the molecule is O=C(COc1cccc(N2CCCC2=O)c1)N1CCN(C(=O)c2cccs2)CC1.